The zero-order valence-electron chi connectivity index (χ0n) is 6.09. The summed E-state index contributed by atoms with van der Waals surface area (Å²) in [4.78, 5) is 0. The SMILES string of the molecule is [OH2+]N1C2CC3CC1CC3C2. The molecule has 2 nitrogen and oxygen atoms in total. The lowest BCUT2D eigenvalue weighted by Crippen LogP contribution is -2.43. The van der Waals surface area contributed by atoms with Gasteiger partial charge in [0.15, 0.2) is 0 Å². The van der Waals surface area contributed by atoms with Crippen LogP contribution in [0.15, 0.2) is 0 Å². The predicted octanol–water partition coefficient (Wildman–Crippen LogP) is 0.499. The highest BCUT2D eigenvalue weighted by Crippen LogP contribution is 2.52. The van der Waals surface area contributed by atoms with E-state index in [1.807, 2.05) is 5.06 Å². The molecule has 2 saturated carbocycles. The highest BCUT2D eigenvalue weighted by molar-refractivity contribution is 5.02. The molecule has 0 aromatic carbocycles. The number of piperidine rings is 2. The van der Waals surface area contributed by atoms with E-state index in [-0.39, 0.29) is 0 Å². The zero-order chi connectivity index (χ0) is 6.72. The van der Waals surface area contributed by atoms with Gasteiger partial charge in [-0.15, -0.1) is 0 Å². The standard InChI is InChI=1S/C8H13NO/c10-9-7-1-5-2-8(9)4-6(5)3-7/h5-8,10H,1-4H2/p+1. The van der Waals surface area contributed by atoms with E-state index in [0.717, 1.165) is 11.8 Å². The van der Waals surface area contributed by atoms with E-state index in [2.05, 4.69) is 0 Å². The molecule has 4 rings (SSSR count). The Morgan fingerprint density at radius 3 is 1.70 bits per heavy atom. The van der Waals surface area contributed by atoms with Crippen molar-refractivity contribution in [3.05, 3.63) is 0 Å². The Balaban J connectivity index is 1.98. The smallest absolute Gasteiger partial charge is 0.0785 e. The van der Waals surface area contributed by atoms with Crippen molar-refractivity contribution in [1.82, 2.24) is 5.06 Å². The third kappa shape index (κ3) is 0.487. The van der Waals surface area contributed by atoms with Gasteiger partial charge >= 0.3 is 0 Å². The summed E-state index contributed by atoms with van der Waals surface area (Å²) >= 11 is 0. The van der Waals surface area contributed by atoms with Crippen molar-refractivity contribution >= 4 is 0 Å². The number of hydrogen-bond acceptors (Lipinski definition) is 1. The molecule has 0 aromatic rings. The van der Waals surface area contributed by atoms with Crippen LogP contribution >= 0.6 is 0 Å². The Morgan fingerprint density at radius 2 is 1.30 bits per heavy atom. The molecule has 2 heteroatoms. The second kappa shape index (κ2) is 1.56. The predicted molar refractivity (Wildman–Crippen MR) is 38.5 cm³/mol. The summed E-state index contributed by atoms with van der Waals surface area (Å²) in [5.74, 6) is 2.05. The van der Waals surface area contributed by atoms with E-state index < -0.39 is 0 Å². The second-order valence-electron chi connectivity index (χ2n) is 4.18. The lowest BCUT2D eigenvalue weighted by molar-refractivity contribution is -0.176. The van der Waals surface area contributed by atoms with Crippen LogP contribution in [0.1, 0.15) is 25.7 Å². The van der Waals surface area contributed by atoms with Crippen LogP contribution in [0.25, 0.3) is 0 Å². The van der Waals surface area contributed by atoms with Gasteiger partial charge < -0.3 is 5.21 Å². The largest absolute Gasteiger partial charge is 0.338 e. The molecule has 0 aromatic heterocycles. The Bertz CT molecular complexity index is 141. The minimum absolute atomic E-state index is 0.655. The minimum atomic E-state index is 0.655. The van der Waals surface area contributed by atoms with Crippen LogP contribution in [0.5, 0.6) is 0 Å². The lowest BCUT2D eigenvalue weighted by Gasteiger charge is -2.30. The van der Waals surface area contributed by atoms with E-state index >= 15 is 0 Å². The molecule has 2 saturated heterocycles. The topological polar surface area (TPSA) is 26.1 Å². The molecule has 4 fully saturated rings. The maximum Gasteiger partial charge on any atom is 0.0785 e. The molecule has 2 aliphatic carbocycles. The Kier molecular flexibility index (Phi) is 0.868. The fourth-order valence-corrected chi connectivity index (χ4v) is 3.30. The summed E-state index contributed by atoms with van der Waals surface area (Å²) in [5, 5.41) is 9.62. The average Bonchev–Trinajstić information content (AvgIpc) is 2.33. The number of hydroxylamine groups is 2. The van der Waals surface area contributed by atoms with E-state index in [4.69, 9.17) is 5.21 Å². The van der Waals surface area contributed by atoms with E-state index in [0.29, 0.717) is 12.1 Å². The molecule has 4 bridgehead atoms. The van der Waals surface area contributed by atoms with Crippen LogP contribution in [0.3, 0.4) is 0 Å². The summed E-state index contributed by atoms with van der Waals surface area (Å²) in [6, 6.07) is 1.31. The molecular weight excluding hydrogens is 126 g/mol. The normalized spacial score (nSPS) is 58.5. The van der Waals surface area contributed by atoms with Gasteiger partial charge in [0.1, 0.15) is 0 Å². The first-order chi connectivity index (χ1) is 4.84. The molecular formula is C8H14NO+. The lowest BCUT2D eigenvalue weighted by atomic mass is 10.0. The number of nitrogens with zero attached hydrogens (tertiary/aromatic N) is 1. The minimum Gasteiger partial charge on any atom is -0.338 e. The molecule has 0 atom stereocenters. The van der Waals surface area contributed by atoms with Crippen molar-refractivity contribution in [1.29, 1.82) is 0 Å². The molecule has 2 heterocycles. The molecule has 56 valence electrons. The molecule has 2 aliphatic heterocycles. The first-order valence-corrected chi connectivity index (χ1v) is 4.34. The fraction of sp³-hybridized carbons (Fsp3) is 1.00. The molecule has 4 aliphatic rings. The van der Waals surface area contributed by atoms with Crippen molar-refractivity contribution in [2.45, 2.75) is 37.8 Å². The Hall–Kier alpha value is -0.0800. The molecule has 0 spiro atoms. The summed E-state index contributed by atoms with van der Waals surface area (Å²) in [5.41, 5.74) is 0. The molecule has 0 amide bonds. The van der Waals surface area contributed by atoms with Crippen molar-refractivity contribution < 1.29 is 5.21 Å². The van der Waals surface area contributed by atoms with Crippen molar-refractivity contribution in [2.24, 2.45) is 11.8 Å². The summed E-state index contributed by atoms with van der Waals surface area (Å²) in [7, 11) is 0. The summed E-state index contributed by atoms with van der Waals surface area (Å²) in [6.07, 6.45) is 5.35. The maximum absolute atomic E-state index is 7.73. The Morgan fingerprint density at radius 1 is 0.900 bits per heavy atom. The fourth-order valence-electron chi connectivity index (χ4n) is 3.30. The van der Waals surface area contributed by atoms with Crippen LogP contribution in [-0.4, -0.2) is 22.4 Å². The zero-order valence-corrected chi connectivity index (χ0v) is 6.09. The third-order valence-electron chi connectivity index (χ3n) is 3.75. The summed E-state index contributed by atoms with van der Waals surface area (Å²) in [6.45, 7) is 0. The van der Waals surface area contributed by atoms with Gasteiger partial charge in [0.05, 0.1) is 12.1 Å². The van der Waals surface area contributed by atoms with Gasteiger partial charge in [0.25, 0.3) is 0 Å². The highest BCUT2D eigenvalue weighted by Gasteiger charge is 2.54. The van der Waals surface area contributed by atoms with Crippen LogP contribution in [0.4, 0.5) is 0 Å². The molecule has 10 heavy (non-hydrogen) atoms. The van der Waals surface area contributed by atoms with Crippen LogP contribution in [0.2, 0.25) is 0 Å². The van der Waals surface area contributed by atoms with Crippen molar-refractivity contribution in [2.75, 3.05) is 0 Å². The highest BCUT2D eigenvalue weighted by atomic mass is 16.5. The van der Waals surface area contributed by atoms with Crippen LogP contribution in [0, 0.1) is 11.8 Å². The van der Waals surface area contributed by atoms with E-state index in [9.17, 15) is 0 Å². The molecule has 0 radical (unpaired) electrons. The number of hydrogen-bond donors (Lipinski definition) is 0. The van der Waals surface area contributed by atoms with E-state index in [1.165, 1.54) is 25.7 Å². The Labute approximate surface area is 60.8 Å². The molecule has 2 N–H and O–H groups in total. The quantitative estimate of drug-likeness (QED) is 0.450. The monoisotopic (exact) mass is 140 g/mol. The van der Waals surface area contributed by atoms with Gasteiger partial charge in [-0.1, -0.05) is 5.06 Å². The first kappa shape index (κ1) is 5.56. The van der Waals surface area contributed by atoms with Gasteiger partial charge in [-0.3, -0.25) is 0 Å². The third-order valence-corrected chi connectivity index (χ3v) is 3.75. The maximum atomic E-state index is 7.73. The van der Waals surface area contributed by atoms with Gasteiger partial charge in [0, 0.05) is 0 Å². The van der Waals surface area contributed by atoms with Crippen LogP contribution < -0.4 is 0 Å². The van der Waals surface area contributed by atoms with Gasteiger partial charge in [0.2, 0.25) is 0 Å². The van der Waals surface area contributed by atoms with Crippen molar-refractivity contribution in [3.63, 3.8) is 0 Å². The molecule has 0 unspecified atom stereocenters. The summed E-state index contributed by atoms with van der Waals surface area (Å²) < 4.78 is 0. The van der Waals surface area contributed by atoms with E-state index in [1.54, 1.807) is 0 Å². The second-order valence-corrected chi connectivity index (χ2v) is 4.18. The average molecular weight is 140 g/mol. The van der Waals surface area contributed by atoms with Crippen LogP contribution in [-0.2, 0) is 0 Å². The van der Waals surface area contributed by atoms with Gasteiger partial charge in [-0.2, -0.15) is 0 Å². The van der Waals surface area contributed by atoms with Crippen molar-refractivity contribution in [3.8, 4) is 0 Å². The number of rotatable bonds is 0. The van der Waals surface area contributed by atoms with Gasteiger partial charge in [-0.25, -0.2) is 0 Å². The van der Waals surface area contributed by atoms with Gasteiger partial charge in [-0.05, 0) is 37.5 Å². The first-order valence-electron chi connectivity index (χ1n) is 4.34.